The van der Waals surface area contributed by atoms with Crippen LogP contribution in [0.5, 0.6) is 5.75 Å². The van der Waals surface area contributed by atoms with Crippen LogP contribution in [0.25, 0.3) is 0 Å². The molecular formula is C27H27Cl2F8N2O9PS2. The largest absolute Gasteiger partial charge is 0.466 e. The lowest BCUT2D eigenvalue weighted by molar-refractivity contribution is -0.304. The van der Waals surface area contributed by atoms with Gasteiger partial charge in [-0.1, -0.05) is 40.6 Å². The maximum absolute atomic E-state index is 13.6. The van der Waals surface area contributed by atoms with Crippen molar-refractivity contribution in [3.63, 3.8) is 0 Å². The summed E-state index contributed by atoms with van der Waals surface area (Å²) in [7, 11) is 2.81. The number of carbonyl (C=O) groups is 4. The summed E-state index contributed by atoms with van der Waals surface area (Å²) in [6.07, 6.45) is -16.1. The number of anilines is 1. The number of amides is 3. The van der Waals surface area contributed by atoms with Crippen molar-refractivity contribution in [1.82, 2.24) is 5.32 Å². The maximum atomic E-state index is 13.6. The first kappa shape index (κ1) is 46.1. The number of imide groups is 1. The lowest BCUT2D eigenvalue weighted by Gasteiger charge is -2.24. The molecule has 3 amide bonds. The van der Waals surface area contributed by atoms with E-state index in [9.17, 15) is 54.3 Å². The molecule has 0 saturated heterocycles. The topological polar surface area (TPSA) is 138 Å². The van der Waals surface area contributed by atoms with Crippen molar-refractivity contribution in [1.29, 1.82) is 0 Å². The first-order valence-electron chi connectivity index (χ1n) is 13.6. The molecule has 0 heterocycles. The van der Waals surface area contributed by atoms with Crippen molar-refractivity contribution in [2.75, 3.05) is 32.8 Å². The van der Waals surface area contributed by atoms with Gasteiger partial charge in [0.25, 0.3) is 12.1 Å². The number of halogens is 10. The molecule has 2 N–H and O–H groups in total. The highest BCUT2D eigenvalue weighted by Crippen LogP contribution is 2.62. The summed E-state index contributed by atoms with van der Waals surface area (Å²) in [6.45, 7) is 3.86. The third-order valence-electron chi connectivity index (χ3n) is 5.43. The third-order valence-corrected chi connectivity index (χ3v) is 11.9. The van der Waals surface area contributed by atoms with Crippen LogP contribution in [0.1, 0.15) is 30.6 Å². The van der Waals surface area contributed by atoms with Crippen LogP contribution in [0.2, 0.25) is 10.0 Å². The second kappa shape index (κ2) is 20.3. The molecule has 24 heteroatoms. The third kappa shape index (κ3) is 14.5. The van der Waals surface area contributed by atoms with Gasteiger partial charge in [0.2, 0.25) is 5.69 Å². The van der Waals surface area contributed by atoms with Gasteiger partial charge in [0.15, 0.2) is 0 Å². The molecule has 0 aliphatic carbocycles. The predicted molar refractivity (Wildman–Crippen MR) is 173 cm³/mol. The Balaban J connectivity index is 0.000000586. The van der Waals surface area contributed by atoms with Crippen LogP contribution in [0.15, 0.2) is 30.3 Å². The fourth-order valence-electron chi connectivity index (χ4n) is 3.21. The number of ether oxygens (including phenoxy) is 3. The highest BCUT2D eigenvalue weighted by atomic mass is 35.5. The normalized spacial score (nSPS) is 12.8. The van der Waals surface area contributed by atoms with E-state index in [1.807, 2.05) is 5.32 Å². The summed E-state index contributed by atoms with van der Waals surface area (Å²) < 4.78 is 127. The molecule has 51 heavy (non-hydrogen) atoms. The van der Waals surface area contributed by atoms with E-state index >= 15 is 0 Å². The van der Waals surface area contributed by atoms with E-state index in [4.69, 9.17) is 53.5 Å². The molecular weight excluding hydrogens is 814 g/mol. The molecule has 0 spiro atoms. The average Bonchev–Trinajstić information content (AvgIpc) is 3.02. The Kier molecular flexibility index (Phi) is 18.4. The van der Waals surface area contributed by atoms with Crippen LogP contribution in [-0.4, -0.2) is 75.0 Å². The fourth-order valence-corrected chi connectivity index (χ4v) is 7.48. The summed E-state index contributed by atoms with van der Waals surface area (Å²) in [5.41, 5.74) is -4.20. The molecule has 286 valence electrons. The standard InChI is InChI=1S/C17H8Cl2F8N2O3.C10H19O6PS2/c18-6-5-11(32-17(26,27)14(22)16(23,24)25)7(19)4-10(6)28-15(31)29-13(30)12-8(20)2-1-3-9(12)21;1-5-15-9(11)7-8(10(12)16-6-2)19-17(18,13-3)14-4/h1-5,14H,(H2,28,29,30,31);8H,5-7H2,1-4H3. The van der Waals surface area contributed by atoms with Gasteiger partial charge in [0, 0.05) is 20.3 Å². The van der Waals surface area contributed by atoms with E-state index in [-0.39, 0.29) is 19.6 Å². The number of rotatable bonds is 14. The van der Waals surface area contributed by atoms with Gasteiger partial charge < -0.3 is 28.6 Å². The number of esters is 2. The van der Waals surface area contributed by atoms with Gasteiger partial charge in [-0.15, -0.1) is 0 Å². The number of urea groups is 1. The van der Waals surface area contributed by atoms with Crippen molar-refractivity contribution < 1.29 is 77.6 Å². The van der Waals surface area contributed by atoms with Crippen LogP contribution in [-0.2, 0) is 39.9 Å². The highest BCUT2D eigenvalue weighted by Gasteiger charge is 2.59. The maximum Gasteiger partial charge on any atom is 0.439 e. The van der Waals surface area contributed by atoms with Crippen LogP contribution in [0, 0.1) is 11.6 Å². The van der Waals surface area contributed by atoms with Crippen LogP contribution in [0.3, 0.4) is 0 Å². The van der Waals surface area contributed by atoms with E-state index in [1.54, 1.807) is 19.2 Å². The lowest BCUT2D eigenvalue weighted by atomic mass is 10.2. The summed E-state index contributed by atoms with van der Waals surface area (Å²) in [4.78, 5) is 47.0. The van der Waals surface area contributed by atoms with E-state index < -0.39 is 92.0 Å². The van der Waals surface area contributed by atoms with Crippen molar-refractivity contribution in [2.45, 2.75) is 44.0 Å². The zero-order chi connectivity index (χ0) is 39.3. The van der Waals surface area contributed by atoms with Crippen LogP contribution < -0.4 is 15.4 Å². The molecule has 0 aliphatic heterocycles. The highest BCUT2D eigenvalue weighted by molar-refractivity contribution is 8.68. The summed E-state index contributed by atoms with van der Waals surface area (Å²) in [5, 5.41) is 1.21. The summed E-state index contributed by atoms with van der Waals surface area (Å²) in [6, 6.07) is 2.15. The van der Waals surface area contributed by atoms with Gasteiger partial charge in [-0.2, -0.15) is 22.0 Å². The number of carbonyl (C=O) groups excluding carboxylic acids is 4. The summed E-state index contributed by atoms with van der Waals surface area (Å²) in [5.74, 6) is -6.21. The molecule has 0 saturated carbocycles. The molecule has 2 unspecified atom stereocenters. The zero-order valence-corrected chi connectivity index (χ0v) is 30.4. The van der Waals surface area contributed by atoms with E-state index in [0.29, 0.717) is 12.1 Å². The van der Waals surface area contributed by atoms with Crippen LogP contribution >= 0.6 is 40.3 Å². The first-order chi connectivity index (χ1) is 23.5. The van der Waals surface area contributed by atoms with Crippen LogP contribution in [0.4, 0.5) is 45.6 Å². The molecule has 0 aliphatic rings. The Hall–Kier alpha value is -2.94. The minimum absolute atomic E-state index is 0.123. The van der Waals surface area contributed by atoms with Gasteiger partial charge in [-0.05, 0) is 43.9 Å². The van der Waals surface area contributed by atoms with Crippen molar-refractivity contribution >= 4 is 81.6 Å². The molecule has 0 radical (unpaired) electrons. The molecule has 2 atom stereocenters. The van der Waals surface area contributed by atoms with E-state index in [2.05, 4.69) is 4.74 Å². The first-order valence-corrected chi connectivity index (χ1v) is 18.5. The van der Waals surface area contributed by atoms with Gasteiger partial charge in [-0.3, -0.25) is 19.7 Å². The average molecular weight is 842 g/mol. The molecule has 2 aromatic rings. The molecule has 11 nitrogen and oxygen atoms in total. The molecule has 0 fully saturated rings. The Morgan fingerprint density at radius 1 is 0.941 bits per heavy atom. The molecule has 0 bridgehead atoms. The Bertz CT molecular complexity index is 1580. The molecule has 2 aromatic carbocycles. The lowest BCUT2D eigenvalue weighted by Crippen LogP contribution is -2.45. The molecule has 0 aromatic heterocycles. The quantitative estimate of drug-likeness (QED) is 0.108. The number of alkyl halides is 6. The van der Waals surface area contributed by atoms with Crippen molar-refractivity contribution in [2.24, 2.45) is 0 Å². The Morgan fingerprint density at radius 3 is 1.98 bits per heavy atom. The smallest absolute Gasteiger partial charge is 0.439 e. The minimum Gasteiger partial charge on any atom is -0.466 e. The van der Waals surface area contributed by atoms with Crippen molar-refractivity contribution in [3.8, 4) is 5.75 Å². The Labute approximate surface area is 303 Å². The minimum atomic E-state index is -5.94. The van der Waals surface area contributed by atoms with Gasteiger partial charge in [0.1, 0.15) is 28.2 Å². The number of benzene rings is 2. The van der Waals surface area contributed by atoms with Gasteiger partial charge in [-0.25, -0.2) is 18.0 Å². The number of hydrogen-bond acceptors (Lipinski definition) is 11. The monoisotopic (exact) mass is 840 g/mol. The predicted octanol–water partition coefficient (Wildman–Crippen LogP) is 8.23. The Morgan fingerprint density at radius 2 is 1.49 bits per heavy atom. The number of nitrogens with one attached hydrogen (secondary N) is 2. The molecule has 2 rings (SSSR count). The second-order valence-electron chi connectivity index (χ2n) is 9.00. The van der Waals surface area contributed by atoms with Gasteiger partial charge >= 0.3 is 30.3 Å². The van der Waals surface area contributed by atoms with Gasteiger partial charge in [0.05, 0.1) is 35.4 Å². The second-order valence-corrected chi connectivity index (χ2v) is 16.4. The summed E-state index contributed by atoms with van der Waals surface area (Å²) >= 11 is 17.5. The zero-order valence-electron chi connectivity index (χ0n) is 26.4. The van der Waals surface area contributed by atoms with Crippen molar-refractivity contribution in [3.05, 3.63) is 57.6 Å². The van der Waals surface area contributed by atoms with E-state index in [1.165, 1.54) is 14.2 Å². The number of hydrogen-bond donors (Lipinski definition) is 2. The SMILES string of the molecule is CCOC(=O)CC(SP(=S)(OC)OC)C(=O)OCC.O=C(NC(=O)c1c(F)cccc1F)Nc1cc(Cl)c(OC(F)(F)C(F)C(F)(F)F)cc1Cl. The van der Waals surface area contributed by atoms with E-state index in [0.717, 1.165) is 29.6 Å². The fraction of sp³-hybridized carbons (Fsp3) is 0.407.